The Morgan fingerprint density at radius 3 is 2.39 bits per heavy atom. The third kappa shape index (κ3) is 3.99. The number of hydrogen-bond donors (Lipinski definition) is 0. The number of halogens is 1. The van der Waals surface area contributed by atoms with Crippen LogP contribution in [0.3, 0.4) is 0 Å². The summed E-state index contributed by atoms with van der Waals surface area (Å²) in [5, 5.41) is 0. The molecule has 4 rings (SSSR count). The van der Waals surface area contributed by atoms with Crippen LogP contribution in [0.25, 0.3) is 0 Å². The van der Waals surface area contributed by atoms with Crippen molar-refractivity contribution in [2.75, 3.05) is 39.4 Å². The second-order valence-electron chi connectivity index (χ2n) is 7.58. The van der Waals surface area contributed by atoms with Gasteiger partial charge in [-0.1, -0.05) is 18.2 Å². The Bertz CT molecular complexity index is 783. The van der Waals surface area contributed by atoms with Crippen molar-refractivity contribution < 1.29 is 13.9 Å². The van der Waals surface area contributed by atoms with Gasteiger partial charge in [-0.15, -0.1) is 0 Å². The van der Waals surface area contributed by atoms with E-state index in [0.29, 0.717) is 31.7 Å². The van der Waals surface area contributed by atoms with Gasteiger partial charge in [-0.25, -0.2) is 4.39 Å². The van der Waals surface area contributed by atoms with Gasteiger partial charge < -0.3 is 4.74 Å². The Hall–Kier alpha value is -2.15. The summed E-state index contributed by atoms with van der Waals surface area (Å²) >= 11 is 0. The van der Waals surface area contributed by atoms with Gasteiger partial charge in [0.15, 0.2) is 0 Å². The van der Waals surface area contributed by atoms with Gasteiger partial charge in [-0.3, -0.25) is 19.6 Å². The highest BCUT2D eigenvalue weighted by Crippen LogP contribution is 2.32. The van der Waals surface area contributed by atoms with Gasteiger partial charge in [0.2, 0.25) is 5.78 Å². The minimum absolute atomic E-state index is 0.114. The normalized spacial score (nSPS) is 20.8. The number of pyridine rings is 1. The lowest BCUT2D eigenvalue weighted by atomic mass is 9.81. The number of aromatic nitrogens is 1. The number of hydrogen-bond acceptors (Lipinski definition) is 5. The fourth-order valence-corrected chi connectivity index (χ4v) is 4.31. The van der Waals surface area contributed by atoms with E-state index < -0.39 is 5.54 Å². The van der Waals surface area contributed by atoms with Gasteiger partial charge in [-0.05, 0) is 42.7 Å². The maximum Gasteiger partial charge on any atom is 0.201 e. The highest BCUT2D eigenvalue weighted by molar-refractivity contribution is 6.01. The molecular formula is C22H26FN3O2. The van der Waals surface area contributed by atoms with E-state index in [0.717, 1.165) is 38.3 Å². The number of rotatable bonds is 5. The summed E-state index contributed by atoms with van der Waals surface area (Å²) < 4.78 is 18.7. The molecule has 0 radical (unpaired) electrons. The summed E-state index contributed by atoms with van der Waals surface area (Å²) in [5.41, 5.74) is 1.13. The van der Waals surface area contributed by atoms with Crippen LogP contribution in [0.5, 0.6) is 0 Å². The molecule has 0 aliphatic carbocycles. The summed E-state index contributed by atoms with van der Waals surface area (Å²) in [6.45, 7) is 5.45. The van der Waals surface area contributed by atoms with E-state index in [1.807, 2.05) is 30.3 Å². The highest BCUT2D eigenvalue weighted by Gasteiger charge is 2.46. The van der Waals surface area contributed by atoms with Crippen LogP contribution in [-0.2, 0) is 11.3 Å². The quantitative estimate of drug-likeness (QED) is 0.743. The predicted octanol–water partition coefficient (Wildman–Crippen LogP) is 2.77. The van der Waals surface area contributed by atoms with Crippen molar-refractivity contribution in [2.45, 2.75) is 24.9 Å². The molecule has 2 aliphatic rings. The number of piperazine rings is 1. The maximum atomic E-state index is 13.4. The van der Waals surface area contributed by atoms with E-state index in [9.17, 15) is 9.18 Å². The van der Waals surface area contributed by atoms with Crippen LogP contribution < -0.4 is 0 Å². The molecule has 1 aromatic heterocycles. The van der Waals surface area contributed by atoms with E-state index in [2.05, 4.69) is 14.8 Å². The van der Waals surface area contributed by atoms with E-state index in [-0.39, 0.29) is 11.6 Å². The first-order chi connectivity index (χ1) is 13.7. The molecular weight excluding hydrogens is 357 g/mol. The number of benzene rings is 1. The third-order valence-corrected chi connectivity index (χ3v) is 5.94. The van der Waals surface area contributed by atoms with Crippen LogP contribution in [0, 0.1) is 5.82 Å². The Labute approximate surface area is 165 Å². The van der Waals surface area contributed by atoms with Gasteiger partial charge in [-0.2, -0.15) is 0 Å². The minimum Gasteiger partial charge on any atom is -0.381 e. The number of ether oxygens (including phenoxy) is 1. The molecule has 3 heterocycles. The van der Waals surface area contributed by atoms with Crippen molar-refractivity contribution in [3.63, 3.8) is 0 Å². The molecule has 0 unspecified atom stereocenters. The molecule has 0 N–H and O–H groups in total. The third-order valence-electron chi connectivity index (χ3n) is 5.94. The molecule has 0 saturated carbocycles. The zero-order valence-corrected chi connectivity index (χ0v) is 16.0. The summed E-state index contributed by atoms with van der Waals surface area (Å²) in [6, 6.07) is 12.2. The second-order valence-corrected chi connectivity index (χ2v) is 7.58. The molecule has 0 atom stereocenters. The summed E-state index contributed by atoms with van der Waals surface area (Å²) in [7, 11) is 0. The van der Waals surface area contributed by atoms with Crippen molar-refractivity contribution in [3.8, 4) is 0 Å². The Balaban J connectivity index is 1.45. The van der Waals surface area contributed by atoms with Crippen LogP contribution in [0.2, 0.25) is 0 Å². The number of nitrogens with zero attached hydrogens (tertiary/aromatic N) is 3. The second kappa shape index (κ2) is 8.47. The van der Waals surface area contributed by atoms with Gasteiger partial charge in [0.1, 0.15) is 11.5 Å². The molecule has 28 heavy (non-hydrogen) atoms. The zero-order valence-electron chi connectivity index (χ0n) is 16.0. The Morgan fingerprint density at radius 2 is 1.75 bits per heavy atom. The zero-order chi connectivity index (χ0) is 19.4. The largest absolute Gasteiger partial charge is 0.381 e. The van der Waals surface area contributed by atoms with Crippen LogP contribution in [0.1, 0.15) is 28.9 Å². The lowest BCUT2D eigenvalue weighted by Gasteiger charge is -2.48. The molecule has 2 fully saturated rings. The van der Waals surface area contributed by atoms with Crippen molar-refractivity contribution in [2.24, 2.45) is 0 Å². The summed E-state index contributed by atoms with van der Waals surface area (Å²) in [4.78, 5) is 22.4. The average molecular weight is 383 g/mol. The molecule has 0 bridgehead atoms. The molecule has 2 aromatic rings. The Kier molecular flexibility index (Phi) is 5.80. The monoisotopic (exact) mass is 383 g/mol. The molecule has 5 nitrogen and oxygen atoms in total. The first-order valence-electron chi connectivity index (χ1n) is 9.93. The van der Waals surface area contributed by atoms with Crippen molar-refractivity contribution in [1.82, 2.24) is 14.8 Å². The van der Waals surface area contributed by atoms with E-state index >= 15 is 0 Å². The lowest BCUT2D eigenvalue weighted by Crippen LogP contribution is -2.62. The molecule has 1 aromatic carbocycles. The van der Waals surface area contributed by atoms with Crippen molar-refractivity contribution in [3.05, 3.63) is 65.7 Å². The standard InChI is InChI=1S/C22H26FN3O2/c23-19-6-4-18(5-7-19)17-25-11-13-26(14-12-25)22(8-15-28-16-9-22)21(27)20-3-1-2-10-24-20/h1-7,10H,8-9,11-17H2. The van der Waals surface area contributed by atoms with Gasteiger partial charge >= 0.3 is 0 Å². The average Bonchev–Trinajstić information content (AvgIpc) is 2.76. The number of Topliss-reactive ketones (excluding diaryl/α,β-unsaturated/α-hetero) is 1. The van der Waals surface area contributed by atoms with E-state index in [1.165, 1.54) is 12.1 Å². The number of carbonyl (C=O) groups excluding carboxylic acids is 1. The lowest BCUT2D eigenvalue weighted by molar-refractivity contribution is -0.0340. The van der Waals surface area contributed by atoms with Crippen LogP contribution in [0.15, 0.2) is 48.7 Å². The molecule has 148 valence electrons. The molecule has 6 heteroatoms. The first kappa shape index (κ1) is 19.2. The fourth-order valence-electron chi connectivity index (χ4n) is 4.31. The minimum atomic E-state index is -0.519. The van der Waals surface area contributed by atoms with Crippen molar-refractivity contribution >= 4 is 5.78 Å². The van der Waals surface area contributed by atoms with E-state index in [4.69, 9.17) is 4.74 Å². The number of ketones is 1. The summed E-state index contributed by atoms with van der Waals surface area (Å²) in [5.74, 6) is -0.0913. The molecule has 0 amide bonds. The van der Waals surface area contributed by atoms with Gasteiger partial charge in [0.25, 0.3) is 0 Å². The van der Waals surface area contributed by atoms with Crippen LogP contribution >= 0.6 is 0 Å². The smallest absolute Gasteiger partial charge is 0.201 e. The molecule has 2 aliphatic heterocycles. The fraction of sp³-hybridized carbons (Fsp3) is 0.455. The van der Waals surface area contributed by atoms with Gasteiger partial charge in [0.05, 0.1) is 5.54 Å². The molecule has 0 spiro atoms. The summed E-state index contributed by atoms with van der Waals surface area (Å²) in [6.07, 6.45) is 3.10. The predicted molar refractivity (Wildman–Crippen MR) is 105 cm³/mol. The topological polar surface area (TPSA) is 45.7 Å². The maximum absolute atomic E-state index is 13.4. The van der Waals surface area contributed by atoms with E-state index in [1.54, 1.807) is 6.20 Å². The van der Waals surface area contributed by atoms with Gasteiger partial charge in [0, 0.05) is 52.1 Å². The van der Waals surface area contributed by atoms with Crippen LogP contribution in [-0.4, -0.2) is 65.5 Å². The highest BCUT2D eigenvalue weighted by atomic mass is 19.1. The SMILES string of the molecule is O=C(c1ccccn1)C1(N2CCN(Cc3ccc(F)cc3)CC2)CCOCC1. The molecule has 2 saturated heterocycles. The van der Waals surface area contributed by atoms with Crippen LogP contribution in [0.4, 0.5) is 4.39 Å². The Morgan fingerprint density at radius 1 is 1.04 bits per heavy atom. The van der Waals surface area contributed by atoms with Crippen molar-refractivity contribution in [1.29, 1.82) is 0 Å². The first-order valence-corrected chi connectivity index (χ1v) is 9.93. The number of carbonyl (C=O) groups is 1.